The smallest absolute Gasteiger partial charge is 0.354 e. The molecular formula is C17H23F3N2O3S. The lowest BCUT2D eigenvalue weighted by Gasteiger charge is -2.25. The molecule has 146 valence electrons. The molecule has 0 unspecified atom stereocenters. The average Bonchev–Trinajstić information content (AvgIpc) is 2.57. The van der Waals surface area contributed by atoms with Gasteiger partial charge < -0.3 is 5.32 Å². The summed E-state index contributed by atoms with van der Waals surface area (Å²) >= 11 is 0. The summed E-state index contributed by atoms with van der Waals surface area (Å²) in [5, 5.41) is 2.70. The maximum absolute atomic E-state index is 12.9. The summed E-state index contributed by atoms with van der Waals surface area (Å²) in [6.45, 7) is -0.0914. The maximum Gasteiger partial charge on any atom is 0.416 e. The van der Waals surface area contributed by atoms with Crippen molar-refractivity contribution >= 4 is 21.6 Å². The first kappa shape index (κ1) is 20.5. The molecule has 2 rings (SSSR count). The minimum Gasteiger partial charge on any atom is -0.354 e. The van der Waals surface area contributed by atoms with Gasteiger partial charge in [-0.25, -0.2) is 8.42 Å². The van der Waals surface area contributed by atoms with Crippen molar-refractivity contribution < 1.29 is 26.4 Å². The van der Waals surface area contributed by atoms with Gasteiger partial charge in [-0.05, 0) is 37.0 Å². The molecule has 1 amide bonds. The van der Waals surface area contributed by atoms with Crippen LogP contribution in [0.15, 0.2) is 24.3 Å². The van der Waals surface area contributed by atoms with Gasteiger partial charge in [0.25, 0.3) is 0 Å². The number of nitrogens with one attached hydrogen (secondary N) is 1. The van der Waals surface area contributed by atoms with Crippen LogP contribution in [0.1, 0.15) is 37.7 Å². The van der Waals surface area contributed by atoms with Crippen LogP contribution in [0, 0.1) is 5.92 Å². The number of hydrogen-bond acceptors (Lipinski definition) is 3. The van der Waals surface area contributed by atoms with Gasteiger partial charge in [0.15, 0.2) is 0 Å². The highest BCUT2D eigenvalue weighted by molar-refractivity contribution is 7.92. The van der Waals surface area contributed by atoms with E-state index < -0.39 is 34.2 Å². The maximum atomic E-state index is 12.9. The highest BCUT2D eigenvalue weighted by Gasteiger charge is 2.32. The average molecular weight is 392 g/mol. The molecule has 1 aliphatic carbocycles. The standard InChI is InChI=1S/C17H23F3N2O3S/c1-26(24,25)22(15-9-5-8-14(10-15)17(18,19)20)12-16(23)21-11-13-6-3-2-4-7-13/h5,8-10,13H,2-4,6-7,11-12H2,1H3,(H,21,23). The Labute approximate surface area is 151 Å². The van der Waals surface area contributed by atoms with Crippen molar-refractivity contribution in [2.24, 2.45) is 5.92 Å². The number of carbonyl (C=O) groups excluding carboxylic acids is 1. The van der Waals surface area contributed by atoms with Crippen LogP contribution in [0.2, 0.25) is 0 Å². The van der Waals surface area contributed by atoms with E-state index in [-0.39, 0.29) is 5.69 Å². The first-order chi connectivity index (χ1) is 12.1. The molecule has 0 radical (unpaired) electrons. The summed E-state index contributed by atoms with van der Waals surface area (Å²) in [5.74, 6) is -0.161. The molecule has 5 nitrogen and oxygen atoms in total. The Morgan fingerprint density at radius 1 is 1.23 bits per heavy atom. The van der Waals surface area contributed by atoms with Gasteiger partial charge in [0.1, 0.15) is 6.54 Å². The predicted octanol–water partition coefficient (Wildman–Crippen LogP) is 3.17. The summed E-state index contributed by atoms with van der Waals surface area (Å²) in [5.41, 5.74) is -1.15. The number of rotatable bonds is 6. The second-order valence-corrected chi connectivity index (χ2v) is 8.53. The summed E-state index contributed by atoms with van der Waals surface area (Å²) in [4.78, 5) is 12.2. The SMILES string of the molecule is CS(=O)(=O)N(CC(=O)NCC1CCCCC1)c1cccc(C(F)(F)F)c1. The molecule has 1 N–H and O–H groups in total. The lowest BCUT2D eigenvalue weighted by molar-refractivity contribution is -0.137. The zero-order valence-corrected chi connectivity index (χ0v) is 15.4. The normalized spacial score (nSPS) is 16.3. The number of benzene rings is 1. The zero-order valence-electron chi connectivity index (χ0n) is 14.6. The van der Waals surface area contributed by atoms with Crippen LogP contribution in [0.25, 0.3) is 0 Å². The van der Waals surface area contributed by atoms with E-state index >= 15 is 0 Å². The molecule has 26 heavy (non-hydrogen) atoms. The van der Waals surface area contributed by atoms with Crippen molar-refractivity contribution in [3.63, 3.8) is 0 Å². The van der Waals surface area contributed by atoms with Gasteiger partial charge in [-0.3, -0.25) is 9.10 Å². The van der Waals surface area contributed by atoms with Crippen molar-refractivity contribution in [2.45, 2.75) is 38.3 Å². The summed E-state index contributed by atoms with van der Waals surface area (Å²) in [6, 6.07) is 3.95. The first-order valence-corrected chi connectivity index (χ1v) is 10.3. The molecule has 1 saturated carbocycles. The van der Waals surface area contributed by atoms with E-state index in [0.717, 1.165) is 50.1 Å². The minimum absolute atomic E-state index is 0.185. The monoisotopic (exact) mass is 392 g/mol. The third-order valence-corrected chi connectivity index (χ3v) is 5.60. The summed E-state index contributed by atoms with van der Waals surface area (Å²) in [6.07, 6.45) is 1.71. The number of anilines is 1. The van der Waals surface area contributed by atoms with Crippen LogP contribution in [-0.4, -0.2) is 33.7 Å². The quantitative estimate of drug-likeness (QED) is 0.809. The van der Waals surface area contributed by atoms with Gasteiger partial charge in [-0.1, -0.05) is 25.3 Å². The molecule has 1 aliphatic rings. The first-order valence-electron chi connectivity index (χ1n) is 8.49. The van der Waals surface area contributed by atoms with Gasteiger partial charge in [0.2, 0.25) is 15.9 Å². The fourth-order valence-corrected chi connectivity index (χ4v) is 3.92. The second-order valence-electron chi connectivity index (χ2n) is 6.63. The predicted molar refractivity (Wildman–Crippen MR) is 93.2 cm³/mol. The van der Waals surface area contributed by atoms with E-state index in [2.05, 4.69) is 5.32 Å². The fraction of sp³-hybridized carbons (Fsp3) is 0.588. The van der Waals surface area contributed by atoms with Crippen molar-refractivity contribution in [1.82, 2.24) is 5.32 Å². The Bertz CT molecular complexity index is 729. The minimum atomic E-state index is -4.59. The van der Waals surface area contributed by atoms with Crippen molar-refractivity contribution in [2.75, 3.05) is 23.7 Å². The molecule has 1 aromatic rings. The Morgan fingerprint density at radius 2 is 1.88 bits per heavy atom. The number of nitrogens with zero attached hydrogens (tertiary/aromatic N) is 1. The largest absolute Gasteiger partial charge is 0.416 e. The highest BCUT2D eigenvalue weighted by Crippen LogP contribution is 2.32. The Morgan fingerprint density at radius 3 is 2.46 bits per heavy atom. The zero-order chi connectivity index (χ0) is 19.4. The van der Waals surface area contributed by atoms with Crippen LogP contribution in [0.3, 0.4) is 0 Å². The molecule has 0 saturated heterocycles. The van der Waals surface area contributed by atoms with Crippen LogP contribution < -0.4 is 9.62 Å². The van der Waals surface area contributed by atoms with Crippen LogP contribution in [0.5, 0.6) is 0 Å². The fourth-order valence-electron chi connectivity index (χ4n) is 3.07. The van der Waals surface area contributed by atoms with E-state index in [1.165, 1.54) is 12.5 Å². The van der Waals surface area contributed by atoms with E-state index in [0.29, 0.717) is 16.8 Å². The Balaban J connectivity index is 2.09. The third-order valence-electron chi connectivity index (χ3n) is 4.46. The molecule has 9 heteroatoms. The van der Waals surface area contributed by atoms with Crippen LogP contribution in [-0.2, 0) is 21.0 Å². The molecular weight excluding hydrogens is 369 g/mol. The van der Waals surface area contributed by atoms with Gasteiger partial charge in [-0.2, -0.15) is 13.2 Å². The van der Waals surface area contributed by atoms with Crippen LogP contribution in [0.4, 0.5) is 18.9 Å². The van der Waals surface area contributed by atoms with Gasteiger partial charge in [0, 0.05) is 6.54 Å². The van der Waals surface area contributed by atoms with Crippen molar-refractivity contribution in [1.29, 1.82) is 0 Å². The molecule has 1 aromatic carbocycles. The third kappa shape index (κ3) is 5.89. The number of sulfonamides is 1. The molecule has 0 aromatic heterocycles. The van der Waals surface area contributed by atoms with Gasteiger partial charge in [0.05, 0.1) is 17.5 Å². The number of halogens is 3. The lowest BCUT2D eigenvalue weighted by Crippen LogP contribution is -2.42. The van der Waals surface area contributed by atoms with Crippen LogP contribution >= 0.6 is 0 Å². The van der Waals surface area contributed by atoms with Crippen molar-refractivity contribution in [3.05, 3.63) is 29.8 Å². The van der Waals surface area contributed by atoms with E-state index in [9.17, 15) is 26.4 Å². The lowest BCUT2D eigenvalue weighted by atomic mass is 9.89. The highest BCUT2D eigenvalue weighted by atomic mass is 32.2. The molecule has 0 spiro atoms. The molecule has 0 heterocycles. The van der Waals surface area contributed by atoms with Crippen molar-refractivity contribution in [3.8, 4) is 0 Å². The molecule has 1 fully saturated rings. The van der Waals surface area contributed by atoms with Gasteiger partial charge >= 0.3 is 6.18 Å². The topological polar surface area (TPSA) is 66.5 Å². The molecule has 0 atom stereocenters. The van der Waals surface area contributed by atoms with E-state index in [1.54, 1.807) is 0 Å². The number of carbonyl (C=O) groups is 1. The second kappa shape index (κ2) is 8.28. The summed E-state index contributed by atoms with van der Waals surface area (Å²) < 4.78 is 63.3. The Kier molecular flexibility index (Phi) is 6.54. The molecule has 0 aliphatic heterocycles. The number of amides is 1. The Hall–Kier alpha value is -1.77. The van der Waals surface area contributed by atoms with E-state index in [4.69, 9.17) is 0 Å². The molecule has 0 bridgehead atoms. The number of hydrogen-bond donors (Lipinski definition) is 1. The summed E-state index contributed by atoms with van der Waals surface area (Å²) in [7, 11) is -3.91. The van der Waals surface area contributed by atoms with E-state index in [1.807, 2.05) is 0 Å². The van der Waals surface area contributed by atoms with Gasteiger partial charge in [-0.15, -0.1) is 0 Å². The number of alkyl halides is 3.